The SMILES string of the molecule is Ic1ccc(N=Cc2ccccc2I)cc1. The molecule has 0 heterocycles. The van der Waals surface area contributed by atoms with E-state index in [0.29, 0.717) is 0 Å². The zero-order valence-electron chi connectivity index (χ0n) is 8.40. The minimum Gasteiger partial charge on any atom is -0.256 e. The van der Waals surface area contributed by atoms with Gasteiger partial charge in [0.2, 0.25) is 0 Å². The first kappa shape index (κ1) is 12.0. The number of nitrogens with zero attached hydrogens (tertiary/aromatic N) is 1. The van der Waals surface area contributed by atoms with E-state index in [-0.39, 0.29) is 0 Å². The van der Waals surface area contributed by atoms with Gasteiger partial charge in [-0.3, -0.25) is 4.99 Å². The lowest BCUT2D eigenvalue weighted by atomic mass is 10.2. The van der Waals surface area contributed by atoms with Crippen LogP contribution in [-0.4, -0.2) is 6.21 Å². The lowest BCUT2D eigenvalue weighted by Gasteiger charge is -1.97. The summed E-state index contributed by atoms with van der Waals surface area (Å²) in [7, 11) is 0. The molecule has 2 rings (SSSR count). The second-order valence-electron chi connectivity index (χ2n) is 3.26. The van der Waals surface area contributed by atoms with Crippen LogP contribution in [0, 0.1) is 7.14 Å². The number of aliphatic imine (C=N–C) groups is 1. The van der Waals surface area contributed by atoms with Crippen LogP contribution in [0.15, 0.2) is 53.5 Å². The molecule has 0 spiro atoms. The van der Waals surface area contributed by atoms with Crippen LogP contribution in [0.5, 0.6) is 0 Å². The summed E-state index contributed by atoms with van der Waals surface area (Å²) in [5.41, 5.74) is 2.14. The summed E-state index contributed by atoms with van der Waals surface area (Å²) in [5, 5.41) is 0. The van der Waals surface area contributed by atoms with Crippen LogP contribution in [0.3, 0.4) is 0 Å². The van der Waals surface area contributed by atoms with Crippen molar-refractivity contribution in [3.63, 3.8) is 0 Å². The van der Waals surface area contributed by atoms with E-state index in [1.54, 1.807) is 0 Å². The van der Waals surface area contributed by atoms with Crippen molar-refractivity contribution < 1.29 is 0 Å². The Morgan fingerprint density at radius 3 is 2.25 bits per heavy atom. The average Bonchev–Trinajstić information content (AvgIpc) is 2.30. The zero-order chi connectivity index (χ0) is 11.4. The largest absolute Gasteiger partial charge is 0.256 e. The summed E-state index contributed by atoms with van der Waals surface area (Å²) >= 11 is 4.60. The van der Waals surface area contributed by atoms with E-state index in [9.17, 15) is 0 Å². The molecule has 0 amide bonds. The lowest BCUT2D eigenvalue weighted by molar-refractivity contribution is 1.50. The Bertz CT molecular complexity index is 504. The fourth-order valence-electron chi connectivity index (χ4n) is 1.25. The van der Waals surface area contributed by atoms with E-state index in [1.807, 2.05) is 30.5 Å². The van der Waals surface area contributed by atoms with Crippen LogP contribution in [0.4, 0.5) is 5.69 Å². The Morgan fingerprint density at radius 2 is 1.56 bits per heavy atom. The maximum Gasteiger partial charge on any atom is 0.0630 e. The fraction of sp³-hybridized carbons (Fsp3) is 0. The topological polar surface area (TPSA) is 12.4 Å². The van der Waals surface area contributed by atoms with E-state index in [4.69, 9.17) is 0 Å². The summed E-state index contributed by atoms with van der Waals surface area (Å²) in [5.74, 6) is 0. The highest BCUT2D eigenvalue weighted by molar-refractivity contribution is 14.1. The van der Waals surface area contributed by atoms with Crippen molar-refractivity contribution in [1.82, 2.24) is 0 Å². The van der Waals surface area contributed by atoms with E-state index in [1.165, 1.54) is 7.14 Å². The Labute approximate surface area is 122 Å². The molecule has 80 valence electrons. The van der Waals surface area contributed by atoms with Gasteiger partial charge in [-0.25, -0.2) is 0 Å². The summed E-state index contributed by atoms with van der Waals surface area (Å²) in [4.78, 5) is 4.45. The third kappa shape index (κ3) is 3.28. The molecule has 0 saturated carbocycles. The highest BCUT2D eigenvalue weighted by Crippen LogP contribution is 2.15. The normalized spacial score (nSPS) is 10.9. The maximum absolute atomic E-state index is 4.45. The van der Waals surface area contributed by atoms with Gasteiger partial charge in [-0.2, -0.15) is 0 Å². The molecule has 0 atom stereocenters. The standard InChI is InChI=1S/C13H9I2N/c14-11-5-7-12(8-6-11)16-9-10-3-1-2-4-13(10)15/h1-9H. The second-order valence-corrected chi connectivity index (χ2v) is 5.66. The summed E-state index contributed by atoms with van der Waals surface area (Å²) in [6, 6.07) is 16.4. The van der Waals surface area contributed by atoms with Crippen LogP contribution in [0.25, 0.3) is 0 Å². The third-order valence-corrected chi connectivity index (χ3v) is 3.79. The number of hydrogen-bond donors (Lipinski definition) is 0. The highest BCUT2D eigenvalue weighted by Gasteiger charge is 1.94. The monoisotopic (exact) mass is 433 g/mol. The molecule has 0 saturated heterocycles. The van der Waals surface area contributed by atoms with Gasteiger partial charge in [0.05, 0.1) is 5.69 Å². The minimum absolute atomic E-state index is 0.986. The summed E-state index contributed by atoms with van der Waals surface area (Å²) in [6.07, 6.45) is 1.91. The average molecular weight is 433 g/mol. The molecule has 0 bridgehead atoms. The molecule has 0 aromatic heterocycles. The van der Waals surface area contributed by atoms with Crippen molar-refractivity contribution in [3.05, 3.63) is 61.2 Å². The Hall–Kier alpha value is -0.430. The first-order valence-corrected chi connectivity index (χ1v) is 6.95. The zero-order valence-corrected chi connectivity index (χ0v) is 12.7. The smallest absolute Gasteiger partial charge is 0.0630 e. The Balaban J connectivity index is 2.21. The fourth-order valence-corrected chi connectivity index (χ4v) is 2.14. The van der Waals surface area contributed by atoms with Gasteiger partial charge in [0, 0.05) is 18.9 Å². The van der Waals surface area contributed by atoms with Crippen molar-refractivity contribution >= 4 is 57.1 Å². The van der Waals surface area contributed by atoms with Gasteiger partial charge in [0.25, 0.3) is 0 Å². The molecule has 2 aromatic rings. The van der Waals surface area contributed by atoms with Crippen molar-refractivity contribution in [1.29, 1.82) is 0 Å². The van der Waals surface area contributed by atoms with Crippen molar-refractivity contribution in [3.8, 4) is 0 Å². The third-order valence-electron chi connectivity index (χ3n) is 2.08. The minimum atomic E-state index is 0.986. The van der Waals surface area contributed by atoms with Crippen LogP contribution in [0.1, 0.15) is 5.56 Å². The predicted octanol–water partition coefficient (Wildman–Crippen LogP) is 4.65. The van der Waals surface area contributed by atoms with Gasteiger partial charge >= 0.3 is 0 Å². The van der Waals surface area contributed by atoms with Gasteiger partial charge in [-0.05, 0) is 75.5 Å². The number of hydrogen-bond acceptors (Lipinski definition) is 1. The van der Waals surface area contributed by atoms with Crippen LogP contribution >= 0.6 is 45.2 Å². The molecule has 0 aliphatic carbocycles. The number of rotatable bonds is 2. The molecule has 0 aliphatic rings. The van der Waals surface area contributed by atoms with Gasteiger partial charge in [-0.15, -0.1) is 0 Å². The number of halogens is 2. The summed E-state index contributed by atoms with van der Waals surface area (Å²) in [6.45, 7) is 0. The van der Waals surface area contributed by atoms with Crippen molar-refractivity contribution in [2.75, 3.05) is 0 Å². The molecule has 0 unspecified atom stereocenters. The Morgan fingerprint density at radius 1 is 0.875 bits per heavy atom. The molecule has 0 radical (unpaired) electrons. The van der Waals surface area contributed by atoms with Crippen LogP contribution < -0.4 is 0 Å². The van der Waals surface area contributed by atoms with Crippen molar-refractivity contribution in [2.24, 2.45) is 4.99 Å². The van der Waals surface area contributed by atoms with Gasteiger partial charge in [0.15, 0.2) is 0 Å². The molecule has 1 nitrogen and oxygen atoms in total. The maximum atomic E-state index is 4.45. The highest BCUT2D eigenvalue weighted by atomic mass is 127. The first-order chi connectivity index (χ1) is 7.75. The molecule has 0 aliphatic heterocycles. The van der Waals surface area contributed by atoms with Crippen molar-refractivity contribution in [2.45, 2.75) is 0 Å². The number of benzene rings is 2. The predicted molar refractivity (Wildman–Crippen MR) is 85.6 cm³/mol. The van der Waals surface area contributed by atoms with Gasteiger partial charge in [-0.1, -0.05) is 18.2 Å². The first-order valence-electron chi connectivity index (χ1n) is 4.80. The quantitative estimate of drug-likeness (QED) is 0.484. The second kappa shape index (κ2) is 5.77. The molecule has 16 heavy (non-hydrogen) atoms. The van der Waals surface area contributed by atoms with Crippen LogP contribution in [0.2, 0.25) is 0 Å². The molecule has 3 heteroatoms. The molecular formula is C13H9I2N. The van der Waals surface area contributed by atoms with E-state index in [0.717, 1.165) is 11.3 Å². The lowest BCUT2D eigenvalue weighted by Crippen LogP contribution is -1.84. The van der Waals surface area contributed by atoms with Gasteiger partial charge < -0.3 is 0 Å². The molecular weight excluding hydrogens is 424 g/mol. The summed E-state index contributed by atoms with van der Waals surface area (Å²) < 4.78 is 2.44. The van der Waals surface area contributed by atoms with E-state index >= 15 is 0 Å². The molecule has 0 N–H and O–H groups in total. The van der Waals surface area contributed by atoms with Gasteiger partial charge in [0.1, 0.15) is 0 Å². The van der Waals surface area contributed by atoms with Crippen LogP contribution in [-0.2, 0) is 0 Å². The Kier molecular flexibility index (Phi) is 4.34. The molecule has 2 aromatic carbocycles. The van der Waals surface area contributed by atoms with E-state index < -0.39 is 0 Å². The van der Waals surface area contributed by atoms with E-state index in [2.05, 4.69) is 74.4 Å². The molecule has 0 fully saturated rings.